The number of benzene rings is 4. The zero-order valence-corrected chi connectivity index (χ0v) is 16.2. The molecule has 0 aliphatic rings. The van der Waals surface area contributed by atoms with E-state index in [0.29, 0.717) is 33.8 Å². The van der Waals surface area contributed by atoms with Gasteiger partial charge in [0.2, 0.25) is 0 Å². The van der Waals surface area contributed by atoms with Crippen molar-refractivity contribution in [1.82, 2.24) is 0 Å². The van der Waals surface area contributed by atoms with Crippen LogP contribution < -0.4 is 4.74 Å². The van der Waals surface area contributed by atoms with Crippen LogP contribution >= 0.6 is 0 Å². The molecule has 0 aromatic heterocycles. The van der Waals surface area contributed by atoms with Crippen molar-refractivity contribution in [3.8, 4) is 33.8 Å². The predicted molar refractivity (Wildman–Crippen MR) is 117 cm³/mol. The summed E-state index contributed by atoms with van der Waals surface area (Å²) in [7, 11) is 0. The quantitative estimate of drug-likeness (QED) is 0.262. The predicted octanol–water partition coefficient (Wildman–Crippen LogP) is 6.63. The standard InChI is InChI=1S/C24H16N2O5/c27-25(28)21-13-5-1-9-17(21)19-11-3-7-15-23(19)31-24-16-8-4-12-20(24)18-10-2-6-14-22(18)26(29)30/h1-16H. The van der Waals surface area contributed by atoms with Crippen LogP contribution in [0.5, 0.6) is 11.5 Å². The van der Waals surface area contributed by atoms with Gasteiger partial charge in [-0.05, 0) is 24.3 Å². The van der Waals surface area contributed by atoms with E-state index in [2.05, 4.69) is 0 Å². The normalized spacial score (nSPS) is 10.5. The summed E-state index contributed by atoms with van der Waals surface area (Å²) in [6.07, 6.45) is 0. The summed E-state index contributed by atoms with van der Waals surface area (Å²) >= 11 is 0. The Bertz CT molecular complexity index is 1190. The van der Waals surface area contributed by atoms with Crippen molar-refractivity contribution in [3.63, 3.8) is 0 Å². The lowest BCUT2D eigenvalue weighted by molar-refractivity contribution is -0.384. The summed E-state index contributed by atoms with van der Waals surface area (Å²) < 4.78 is 6.17. The number of nitro groups is 2. The van der Waals surface area contributed by atoms with E-state index in [0.717, 1.165) is 0 Å². The average molecular weight is 412 g/mol. The van der Waals surface area contributed by atoms with Crippen LogP contribution in [0.25, 0.3) is 22.3 Å². The number of ether oxygens (including phenoxy) is 1. The molecule has 0 bridgehead atoms. The Hall–Kier alpha value is -4.52. The van der Waals surface area contributed by atoms with Crippen molar-refractivity contribution in [2.24, 2.45) is 0 Å². The van der Waals surface area contributed by atoms with E-state index in [4.69, 9.17) is 4.74 Å². The Morgan fingerprint density at radius 1 is 0.484 bits per heavy atom. The molecule has 0 spiro atoms. The highest BCUT2D eigenvalue weighted by Crippen LogP contribution is 2.42. The summed E-state index contributed by atoms with van der Waals surface area (Å²) in [6, 6.07) is 26.8. The molecule has 0 saturated heterocycles. The van der Waals surface area contributed by atoms with Gasteiger partial charge in [0.15, 0.2) is 0 Å². The molecule has 0 fully saturated rings. The zero-order chi connectivity index (χ0) is 21.8. The Labute approximate surface area is 177 Å². The first-order chi connectivity index (χ1) is 15.1. The second-order valence-electron chi connectivity index (χ2n) is 6.64. The van der Waals surface area contributed by atoms with E-state index >= 15 is 0 Å². The molecule has 31 heavy (non-hydrogen) atoms. The largest absolute Gasteiger partial charge is 0.456 e. The first-order valence-corrected chi connectivity index (χ1v) is 9.40. The first-order valence-electron chi connectivity index (χ1n) is 9.40. The van der Waals surface area contributed by atoms with Crippen molar-refractivity contribution >= 4 is 11.4 Å². The maximum absolute atomic E-state index is 11.5. The summed E-state index contributed by atoms with van der Waals surface area (Å²) in [5.74, 6) is 0.811. The molecule has 0 unspecified atom stereocenters. The van der Waals surface area contributed by atoms with Gasteiger partial charge < -0.3 is 4.74 Å². The fourth-order valence-electron chi connectivity index (χ4n) is 3.40. The van der Waals surface area contributed by atoms with Gasteiger partial charge in [0.1, 0.15) is 11.5 Å². The van der Waals surface area contributed by atoms with Crippen molar-refractivity contribution < 1.29 is 14.6 Å². The molecular weight excluding hydrogens is 396 g/mol. The smallest absolute Gasteiger partial charge is 0.277 e. The Kier molecular flexibility index (Phi) is 5.40. The third-order valence-corrected chi connectivity index (χ3v) is 4.78. The molecule has 7 heteroatoms. The van der Waals surface area contributed by atoms with Crippen LogP contribution in [0.3, 0.4) is 0 Å². The summed E-state index contributed by atoms with van der Waals surface area (Å²) in [5, 5.41) is 23.0. The molecule has 0 heterocycles. The molecule has 0 radical (unpaired) electrons. The van der Waals surface area contributed by atoms with Crippen LogP contribution in [0.2, 0.25) is 0 Å². The summed E-state index contributed by atoms with van der Waals surface area (Å²) in [6.45, 7) is 0. The van der Waals surface area contributed by atoms with Gasteiger partial charge in [0, 0.05) is 23.3 Å². The molecule has 0 atom stereocenters. The lowest BCUT2D eigenvalue weighted by atomic mass is 10.0. The number of rotatable bonds is 6. The molecule has 0 N–H and O–H groups in total. The van der Waals surface area contributed by atoms with Gasteiger partial charge in [-0.3, -0.25) is 20.2 Å². The maximum atomic E-state index is 11.5. The van der Waals surface area contributed by atoms with E-state index in [-0.39, 0.29) is 11.4 Å². The van der Waals surface area contributed by atoms with Crippen molar-refractivity contribution in [2.45, 2.75) is 0 Å². The molecule has 0 aliphatic carbocycles. The summed E-state index contributed by atoms with van der Waals surface area (Å²) in [4.78, 5) is 22.1. The molecule has 0 amide bonds. The van der Waals surface area contributed by atoms with Gasteiger partial charge in [-0.2, -0.15) is 0 Å². The zero-order valence-electron chi connectivity index (χ0n) is 16.2. The maximum Gasteiger partial charge on any atom is 0.277 e. The second kappa shape index (κ2) is 8.46. The number of nitrogens with zero attached hydrogens (tertiary/aromatic N) is 2. The lowest BCUT2D eigenvalue weighted by Crippen LogP contribution is -1.96. The Balaban J connectivity index is 1.83. The minimum Gasteiger partial charge on any atom is -0.456 e. The van der Waals surface area contributed by atoms with E-state index in [1.54, 1.807) is 84.9 Å². The fraction of sp³-hybridized carbons (Fsp3) is 0. The van der Waals surface area contributed by atoms with Gasteiger partial charge in [-0.25, -0.2) is 0 Å². The Morgan fingerprint density at radius 2 is 0.806 bits per heavy atom. The van der Waals surface area contributed by atoms with Crippen molar-refractivity contribution in [2.75, 3.05) is 0 Å². The molecule has 4 aromatic carbocycles. The highest BCUT2D eigenvalue weighted by Gasteiger charge is 2.20. The second-order valence-corrected chi connectivity index (χ2v) is 6.64. The third-order valence-electron chi connectivity index (χ3n) is 4.78. The van der Waals surface area contributed by atoms with E-state index in [1.165, 1.54) is 12.1 Å². The van der Waals surface area contributed by atoms with Crippen LogP contribution in [-0.4, -0.2) is 9.85 Å². The minimum absolute atomic E-state index is 0.0365. The highest BCUT2D eigenvalue weighted by molar-refractivity contribution is 5.81. The average Bonchev–Trinajstić information content (AvgIpc) is 2.80. The lowest BCUT2D eigenvalue weighted by Gasteiger charge is -2.15. The third kappa shape index (κ3) is 3.97. The van der Waals surface area contributed by atoms with Crippen LogP contribution in [0.1, 0.15) is 0 Å². The Morgan fingerprint density at radius 3 is 1.19 bits per heavy atom. The van der Waals surface area contributed by atoms with Crippen LogP contribution in [0.15, 0.2) is 97.1 Å². The molecular formula is C24H16N2O5. The topological polar surface area (TPSA) is 95.5 Å². The van der Waals surface area contributed by atoms with E-state index in [9.17, 15) is 20.2 Å². The number of para-hydroxylation sites is 4. The minimum atomic E-state index is -0.437. The van der Waals surface area contributed by atoms with Crippen molar-refractivity contribution in [1.29, 1.82) is 0 Å². The molecule has 4 rings (SSSR count). The monoisotopic (exact) mass is 412 g/mol. The SMILES string of the molecule is O=[N+]([O-])c1ccccc1-c1ccccc1Oc1ccccc1-c1ccccc1[N+](=O)[O-]. The van der Waals surface area contributed by atoms with E-state index < -0.39 is 9.85 Å². The molecule has 152 valence electrons. The van der Waals surface area contributed by atoms with Crippen molar-refractivity contribution in [3.05, 3.63) is 117 Å². The fourth-order valence-corrected chi connectivity index (χ4v) is 3.40. The van der Waals surface area contributed by atoms with Crippen LogP contribution in [0.4, 0.5) is 11.4 Å². The number of hydrogen-bond donors (Lipinski definition) is 0. The van der Waals surface area contributed by atoms with E-state index in [1.807, 2.05) is 0 Å². The van der Waals surface area contributed by atoms with Gasteiger partial charge in [-0.1, -0.05) is 60.7 Å². The summed E-state index contributed by atoms with van der Waals surface area (Å²) in [5.41, 5.74) is 1.87. The molecule has 0 aliphatic heterocycles. The van der Waals surface area contributed by atoms with Gasteiger partial charge in [0.25, 0.3) is 11.4 Å². The van der Waals surface area contributed by atoms with Gasteiger partial charge in [0.05, 0.1) is 21.0 Å². The number of nitro benzene ring substituents is 2. The molecule has 4 aromatic rings. The van der Waals surface area contributed by atoms with Gasteiger partial charge in [-0.15, -0.1) is 0 Å². The highest BCUT2D eigenvalue weighted by atomic mass is 16.6. The molecule has 7 nitrogen and oxygen atoms in total. The van der Waals surface area contributed by atoms with Crippen LogP contribution in [0, 0.1) is 20.2 Å². The molecule has 0 saturated carbocycles. The van der Waals surface area contributed by atoms with Gasteiger partial charge >= 0.3 is 0 Å². The first kappa shape index (κ1) is 19.8. The van der Waals surface area contributed by atoms with Crippen LogP contribution in [-0.2, 0) is 0 Å². The number of hydrogen-bond acceptors (Lipinski definition) is 5.